The quantitative estimate of drug-likeness (QED) is 0.459. The molecule has 0 spiro atoms. The highest BCUT2D eigenvalue weighted by Gasteiger charge is 2.49. The molecule has 4 rings (SSSR count). The van der Waals surface area contributed by atoms with Crippen LogP contribution in [0.2, 0.25) is 5.02 Å². The fraction of sp³-hybridized carbons (Fsp3) is 0.316. The number of halogens is 1. The fourth-order valence-electron chi connectivity index (χ4n) is 4.18. The van der Waals surface area contributed by atoms with Crippen molar-refractivity contribution in [2.24, 2.45) is 11.8 Å². The monoisotopic (exact) mass is 402 g/mol. The van der Waals surface area contributed by atoms with Crippen molar-refractivity contribution in [2.45, 2.75) is 24.7 Å². The predicted molar refractivity (Wildman–Crippen MR) is 102 cm³/mol. The smallest absolute Gasteiger partial charge is 0.307 e. The Bertz CT molecular complexity index is 890. The van der Waals surface area contributed by atoms with Crippen molar-refractivity contribution in [3.63, 3.8) is 0 Å². The standard InChI is InChI=1S/C19H19ClN4O4/c20-12-5-1-10(2-6-12)15-9-14(19(25)26)16-17(22-23-18(16)21-15)11-3-7-13(8-4-11)24(27)28/h1-8,14-18,21-23H,9H2,(H,25,26). The second kappa shape index (κ2) is 7.48. The maximum absolute atomic E-state index is 12.1. The van der Waals surface area contributed by atoms with Gasteiger partial charge in [0, 0.05) is 29.1 Å². The van der Waals surface area contributed by atoms with Crippen LogP contribution in [0.1, 0.15) is 29.6 Å². The van der Waals surface area contributed by atoms with Crippen LogP contribution in [0.3, 0.4) is 0 Å². The number of aliphatic carboxylic acids is 1. The number of hydrogen-bond donors (Lipinski definition) is 4. The summed E-state index contributed by atoms with van der Waals surface area (Å²) in [4.78, 5) is 22.5. The molecule has 4 N–H and O–H groups in total. The topological polar surface area (TPSA) is 117 Å². The number of carboxylic acid groups (broad SMARTS) is 1. The van der Waals surface area contributed by atoms with Crippen LogP contribution in [0.4, 0.5) is 5.69 Å². The van der Waals surface area contributed by atoms with E-state index in [1.54, 1.807) is 24.3 Å². The number of carbonyl (C=O) groups is 1. The van der Waals surface area contributed by atoms with Gasteiger partial charge in [-0.15, -0.1) is 0 Å². The van der Waals surface area contributed by atoms with Crippen molar-refractivity contribution in [1.29, 1.82) is 0 Å². The molecule has 0 radical (unpaired) electrons. The number of nitro benzene ring substituents is 1. The molecule has 5 unspecified atom stereocenters. The minimum atomic E-state index is -0.854. The summed E-state index contributed by atoms with van der Waals surface area (Å²) in [7, 11) is 0. The zero-order valence-electron chi connectivity index (χ0n) is 14.7. The molecule has 146 valence electrons. The van der Waals surface area contributed by atoms with Gasteiger partial charge in [0.05, 0.1) is 23.0 Å². The molecule has 2 heterocycles. The zero-order valence-corrected chi connectivity index (χ0v) is 15.5. The summed E-state index contributed by atoms with van der Waals surface area (Å²) in [5.41, 5.74) is 8.11. The number of rotatable bonds is 4. The van der Waals surface area contributed by atoms with Gasteiger partial charge in [0.1, 0.15) is 0 Å². The van der Waals surface area contributed by atoms with Crippen LogP contribution in [0.25, 0.3) is 0 Å². The Labute approximate surface area is 166 Å². The molecule has 5 atom stereocenters. The summed E-state index contributed by atoms with van der Waals surface area (Å²) in [6.45, 7) is 0. The first kappa shape index (κ1) is 18.8. The van der Waals surface area contributed by atoms with Gasteiger partial charge < -0.3 is 5.11 Å². The molecule has 9 heteroatoms. The van der Waals surface area contributed by atoms with Crippen LogP contribution < -0.4 is 16.2 Å². The summed E-state index contributed by atoms with van der Waals surface area (Å²) in [6.07, 6.45) is 0.182. The van der Waals surface area contributed by atoms with E-state index in [4.69, 9.17) is 11.6 Å². The van der Waals surface area contributed by atoms with E-state index >= 15 is 0 Å². The number of nitro groups is 1. The third kappa shape index (κ3) is 3.47. The van der Waals surface area contributed by atoms with Crippen molar-refractivity contribution in [3.8, 4) is 0 Å². The molecule has 2 aromatic carbocycles. The summed E-state index contributed by atoms with van der Waals surface area (Å²) in [5, 5.41) is 24.9. The highest BCUT2D eigenvalue weighted by atomic mass is 35.5. The van der Waals surface area contributed by atoms with Crippen molar-refractivity contribution >= 4 is 23.3 Å². The highest BCUT2D eigenvalue weighted by Crippen LogP contribution is 2.42. The molecule has 2 saturated heterocycles. The molecule has 2 aliphatic heterocycles. The van der Waals surface area contributed by atoms with Crippen molar-refractivity contribution in [1.82, 2.24) is 16.2 Å². The molecule has 8 nitrogen and oxygen atoms in total. The Morgan fingerprint density at radius 3 is 2.32 bits per heavy atom. The predicted octanol–water partition coefficient (Wildman–Crippen LogP) is 2.77. The largest absolute Gasteiger partial charge is 0.481 e. The number of carboxylic acids is 1. The first-order valence-electron chi connectivity index (χ1n) is 8.94. The third-order valence-corrected chi connectivity index (χ3v) is 5.80. The molecule has 2 fully saturated rings. The summed E-state index contributed by atoms with van der Waals surface area (Å²) in [6, 6.07) is 13.2. The molecular weight excluding hydrogens is 384 g/mol. The lowest BCUT2D eigenvalue weighted by atomic mass is 9.75. The Hall–Kier alpha value is -2.52. The van der Waals surface area contributed by atoms with Crippen LogP contribution in [0, 0.1) is 22.0 Å². The number of benzene rings is 2. The zero-order chi connectivity index (χ0) is 19.8. The summed E-state index contributed by atoms with van der Waals surface area (Å²) < 4.78 is 0. The lowest BCUT2D eigenvalue weighted by Crippen LogP contribution is -2.53. The number of hydrogen-bond acceptors (Lipinski definition) is 6. The molecule has 0 saturated carbocycles. The maximum Gasteiger partial charge on any atom is 0.307 e. The SMILES string of the molecule is O=C(O)C1CC(c2ccc(Cl)cc2)NC2NNC(c3ccc([N+](=O)[O-])cc3)C21. The van der Waals surface area contributed by atoms with Gasteiger partial charge in [-0.25, -0.2) is 10.9 Å². The van der Waals surface area contributed by atoms with Crippen LogP contribution in [0.5, 0.6) is 0 Å². The van der Waals surface area contributed by atoms with Gasteiger partial charge >= 0.3 is 5.97 Å². The van der Waals surface area contributed by atoms with Crippen molar-refractivity contribution in [3.05, 3.63) is 74.8 Å². The van der Waals surface area contributed by atoms with Gasteiger partial charge in [-0.1, -0.05) is 35.9 Å². The van der Waals surface area contributed by atoms with E-state index in [1.165, 1.54) is 12.1 Å². The van der Waals surface area contributed by atoms with E-state index in [2.05, 4.69) is 16.2 Å². The molecule has 0 aliphatic carbocycles. The van der Waals surface area contributed by atoms with Crippen LogP contribution in [-0.4, -0.2) is 22.2 Å². The minimum Gasteiger partial charge on any atom is -0.481 e. The number of piperidine rings is 1. The molecule has 0 aromatic heterocycles. The van der Waals surface area contributed by atoms with E-state index in [-0.39, 0.29) is 29.9 Å². The van der Waals surface area contributed by atoms with Crippen molar-refractivity contribution in [2.75, 3.05) is 0 Å². The first-order chi connectivity index (χ1) is 13.4. The van der Waals surface area contributed by atoms with E-state index in [0.717, 1.165) is 11.1 Å². The minimum absolute atomic E-state index is 0.00520. The van der Waals surface area contributed by atoms with E-state index in [0.29, 0.717) is 11.4 Å². The second-order valence-electron chi connectivity index (χ2n) is 7.12. The lowest BCUT2D eigenvalue weighted by molar-refractivity contribution is -0.384. The van der Waals surface area contributed by atoms with Crippen LogP contribution in [0.15, 0.2) is 48.5 Å². The van der Waals surface area contributed by atoms with Gasteiger partial charge in [-0.2, -0.15) is 0 Å². The van der Waals surface area contributed by atoms with Gasteiger partial charge in [-0.3, -0.25) is 20.2 Å². The lowest BCUT2D eigenvalue weighted by Gasteiger charge is -2.39. The van der Waals surface area contributed by atoms with E-state index < -0.39 is 16.8 Å². The average Bonchev–Trinajstić information content (AvgIpc) is 3.11. The number of hydrazine groups is 1. The molecule has 2 aliphatic rings. The molecular formula is C19H19ClN4O4. The molecule has 0 amide bonds. The van der Waals surface area contributed by atoms with Gasteiger partial charge in [0.2, 0.25) is 0 Å². The molecule has 2 aromatic rings. The summed E-state index contributed by atoms with van der Waals surface area (Å²) in [5.74, 6) is -1.69. The normalized spacial score (nSPS) is 29.2. The van der Waals surface area contributed by atoms with Gasteiger partial charge in [0.15, 0.2) is 0 Å². The van der Waals surface area contributed by atoms with Gasteiger partial charge in [-0.05, 0) is 29.7 Å². The Kier molecular flexibility index (Phi) is 5.03. The molecule has 0 bridgehead atoms. The third-order valence-electron chi connectivity index (χ3n) is 5.55. The van der Waals surface area contributed by atoms with E-state index in [9.17, 15) is 20.0 Å². The summed E-state index contributed by atoms with van der Waals surface area (Å²) >= 11 is 5.96. The number of non-ortho nitro benzene ring substituents is 1. The van der Waals surface area contributed by atoms with E-state index in [1.807, 2.05) is 12.1 Å². The van der Waals surface area contributed by atoms with Crippen LogP contribution in [-0.2, 0) is 4.79 Å². The average molecular weight is 403 g/mol. The number of nitrogens with zero attached hydrogens (tertiary/aromatic N) is 1. The van der Waals surface area contributed by atoms with Crippen LogP contribution >= 0.6 is 11.6 Å². The maximum atomic E-state index is 12.1. The Morgan fingerprint density at radius 2 is 1.71 bits per heavy atom. The Balaban J connectivity index is 1.60. The molecule has 28 heavy (non-hydrogen) atoms. The fourth-order valence-corrected chi connectivity index (χ4v) is 4.31. The van der Waals surface area contributed by atoms with Gasteiger partial charge in [0.25, 0.3) is 5.69 Å². The van der Waals surface area contributed by atoms with Crippen molar-refractivity contribution < 1.29 is 14.8 Å². The number of fused-ring (bicyclic) bond motifs is 1. The Morgan fingerprint density at radius 1 is 1.07 bits per heavy atom. The second-order valence-corrected chi connectivity index (χ2v) is 7.56. The highest BCUT2D eigenvalue weighted by molar-refractivity contribution is 6.30. The number of nitrogens with one attached hydrogen (secondary N) is 3. The first-order valence-corrected chi connectivity index (χ1v) is 9.31.